The summed E-state index contributed by atoms with van der Waals surface area (Å²) in [6.07, 6.45) is 5.94. The highest BCUT2D eigenvalue weighted by Crippen LogP contribution is 2.27. The highest BCUT2D eigenvalue weighted by molar-refractivity contribution is 5.95. The quantitative estimate of drug-likeness (QED) is 0.730. The van der Waals surface area contributed by atoms with Gasteiger partial charge in [0.1, 0.15) is 17.3 Å². The van der Waals surface area contributed by atoms with Crippen molar-refractivity contribution in [3.8, 4) is 11.1 Å². The maximum Gasteiger partial charge on any atom is 0.241 e. The van der Waals surface area contributed by atoms with Crippen molar-refractivity contribution in [2.75, 3.05) is 0 Å². The number of carbonyl (C=O) groups excluding carboxylic acids is 1. The van der Waals surface area contributed by atoms with E-state index in [1.54, 1.807) is 18.3 Å². The Bertz CT molecular complexity index is 900. The molecule has 0 fully saturated rings. The number of amides is 1. The molecule has 3 rings (SSSR count). The Morgan fingerprint density at radius 2 is 2.09 bits per heavy atom. The zero-order chi connectivity index (χ0) is 15.7. The van der Waals surface area contributed by atoms with Gasteiger partial charge in [-0.15, -0.1) is 0 Å². The maximum absolute atomic E-state index is 13.9. The van der Waals surface area contributed by atoms with Crippen LogP contribution < -0.4 is 5.73 Å². The second-order valence-electron chi connectivity index (χ2n) is 4.72. The summed E-state index contributed by atoms with van der Waals surface area (Å²) in [7, 11) is 0. The van der Waals surface area contributed by atoms with Crippen molar-refractivity contribution in [1.82, 2.24) is 9.97 Å². The fourth-order valence-corrected chi connectivity index (χ4v) is 2.20. The van der Waals surface area contributed by atoms with Gasteiger partial charge in [-0.25, -0.2) is 13.8 Å². The largest absolute Gasteiger partial charge is 0.366 e. The van der Waals surface area contributed by atoms with Crippen LogP contribution in [-0.4, -0.2) is 15.9 Å². The number of hydrogen-bond donors (Lipinski definition) is 2. The van der Waals surface area contributed by atoms with E-state index in [1.165, 1.54) is 24.4 Å². The summed E-state index contributed by atoms with van der Waals surface area (Å²) in [4.78, 5) is 18.0. The van der Waals surface area contributed by atoms with E-state index in [0.717, 1.165) is 6.07 Å². The Labute approximate surface area is 124 Å². The molecule has 0 aliphatic rings. The Hall–Kier alpha value is -3.02. The number of primary amides is 1. The van der Waals surface area contributed by atoms with Gasteiger partial charge in [-0.1, -0.05) is 0 Å². The van der Waals surface area contributed by atoms with E-state index in [1.807, 2.05) is 0 Å². The molecular weight excluding hydrogens is 288 g/mol. The summed E-state index contributed by atoms with van der Waals surface area (Å²) in [5.41, 5.74) is 7.13. The molecule has 0 radical (unpaired) electrons. The van der Waals surface area contributed by atoms with Gasteiger partial charge in [-0.2, -0.15) is 0 Å². The summed E-state index contributed by atoms with van der Waals surface area (Å²) >= 11 is 0. The number of nitrogens with zero attached hydrogens (tertiary/aromatic N) is 1. The first-order chi connectivity index (χ1) is 10.5. The fraction of sp³-hybridized carbons (Fsp3) is 0. The molecular formula is C16H11F2N3O. The molecule has 22 heavy (non-hydrogen) atoms. The van der Waals surface area contributed by atoms with Gasteiger partial charge in [0.05, 0.1) is 0 Å². The molecule has 1 amide bonds. The van der Waals surface area contributed by atoms with Gasteiger partial charge in [-0.3, -0.25) is 4.79 Å². The smallest absolute Gasteiger partial charge is 0.241 e. The zero-order valence-electron chi connectivity index (χ0n) is 11.3. The molecule has 0 spiro atoms. The van der Waals surface area contributed by atoms with Crippen LogP contribution in [0.15, 0.2) is 42.7 Å². The summed E-state index contributed by atoms with van der Waals surface area (Å²) in [5, 5.41) is 0.707. The Balaban J connectivity index is 2.12. The standard InChI is InChI=1S/C16H11F2N3O/c17-11-2-3-12(14(18)6-11)10-5-13-9(1-4-15(19)22)7-20-16(13)21-8-10/h1-8H,(H2,19,22)(H,20,21)/b4-1+. The van der Waals surface area contributed by atoms with Crippen LogP contribution >= 0.6 is 0 Å². The van der Waals surface area contributed by atoms with Crippen molar-refractivity contribution in [3.63, 3.8) is 0 Å². The van der Waals surface area contributed by atoms with E-state index in [-0.39, 0.29) is 5.56 Å². The summed E-state index contributed by atoms with van der Waals surface area (Å²) < 4.78 is 26.9. The monoisotopic (exact) mass is 299 g/mol. The van der Waals surface area contributed by atoms with Crippen LogP contribution in [0.25, 0.3) is 28.2 Å². The lowest BCUT2D eigenvalue weighted by molar-refractivity contribution is -0.113. The van der Waals surface area contributed by atoms with Gasteiger partial charge in [0.2, 0.25) is 5.91 Å². The summed E-state index contributed by atoms with van der Waals surface area (Å²) in [6, 6.07) is 5.09. The third-order valence-electron chi connectivity index (χ3n) is 3.23. The van der Waals surface area contributed by atoms with Crippen LogP contribution in [0.3, 0.4) is 0 Å². The zero-order valence-corrected chi connectivity index (χ0v) is 11.3. The van der Waals surface area contributed by atoms with Crippen molar-refractivity contribution in [3.05, 3.63) is 59.9 Å². The third kappa shape index (κ3) is 2.58. The lowest BCUT2D eigenvalue weighted by Crippen LogP contribution is -2.04. The normalized spacial score (nSPS) is 11.4. The number of pyridine rings is 1. The molecule has 3 aromatic rings. The maximum atomic E-state index is 13.9. The molecule has 2 heterocycles. The number of aromatic nitrogens is 2. The summed E-state index contributed by atoms with van der Waals surface area (Å²) in [6.45, 7) is 0. The average molecular weight is 299 g/mol. The average Bonchev–Trinajstić information content (AvgIpc) is 2.87. The molecule has 1 aromatic carbocycles. The van der Waals surface area contributed by atoms with Crippen LogP contribution in [0.4, 0.5) is 8.78 Å². The minimum Gasteiger partial charge on any atom is -0.366 e. The number of nitrogens with two attached hydrogens (primary N) is 1. The fourth-order valence-electron chi connectivity index (χ4n) is 2.20. The molecule has 4 nitrogen and oxygen atoms in total. The van der Waals surface area contributed by atoms with Crippen LogP contribution in [0.5, 0.6) is 0 Å². The van der Waals surface area contributed by atoms with Gasteiger partial charge in [0, 0.05) is 46.6 Å². The lowest BCUT2D eigenvalue weighted by Gasteiger charge is -2.04. The first-order valence-electron chi connectivity index (χ1n) is 6.44. The van der Waals surface area contributed by atoms with E-state index in [0.29, 0.717) is 22.2 Å². The Kier molecular flexibility index (Phi) is 3.42. The number of halogens is 2. The number of aromatic amines is 1. The molecule has 0 atom stereocenters. The van der Waals surface area contributed by atoms with E-state index < -0.39 is 17.5 Å². The summed E-state index contributed by atoms with van der Waals surface area (Å²) in [5.74, 6) is -1.86. The minimum atomic E-state index is -0.661. The Morgan fingerprint density at radius 1 is 1.27 bits per heavy atom. The highest BCUT2D eigenvalue weighted by atomic mass is 19.1. The van der Waals surface area contributed by atoms with Crippen LogP contribution in [0.1, 0.15) is 5.56 Å². The number of fused-ring (bicyclic) bond motifs is 1. The number of carbonyl (C=O) groups is 1. The number of benzene rings is 1. The predicted molar refractivity (Wildman–Crippen MR) is 79.7 cm³/mol. The van der Waals surface area contributed by atoms with E-state index >= 15 is 0 Å². The number of hydrogen-bond acceptors (Lipinski definition) is 2. The highest BCUT2D eigenvalue weighted by Gasteiger charge is 2.10. The van der Waals surface area contributed by atoms with Crippen molar-refractivity contribution < 1.29 is 13.6 Å². The number of rotatable bonds is 3. The number of H-pyrrole nitrogens is 1. The van der Waals surface area contributed by atoms with Gasteiger partial charge in [-0.05, 0) is 24.3 Å². The molecule has 6 heteroatoms. The van der Waals surface area contributed by atoms with Gasteiger partial charge >= 0.3 is 0 Å². The van der Waals surface area contributed by atoms with Crippen LogP contribution in [-0.2, 0) is 4.79 Å². The first-order valence-corrected chi connectivity index (χ1v) is 6.44. The molecule has 0 aliphatic heterocycles. The van der Waals surface area contributed by atoms with Gasteiger partial charge in [0.25, 0.3) is 0 Å². The molecule has 0 saturated carbocycles. The second-order valence-corrected chi connectivity index (χ2v) is 4.72. The third-order valence-corrected chi connectivity index (χ3v) is 3.23. The van der Waals surface area contributed by atoms with Gasteiger partial charge in [0.15, 0.2) is 0 Å². The van der Waals surface area contributed by atoms with Gasteiger partial charge < -0.3 is 10.7 Å². The molecule has 3 N–H and O–H groups in total. The second kappa shape index (κ2) is 5.40. The molecule has 110 valence electrons. The lowest BCUT2D eigenvalue weighted by atomic mass is 10.0. The minimum absolute atomic E-state index is 0.252. The van der Waals surface area contributed by atoms with Crippen molar-refractivity contribution in [1.29, 1.82) is 0 Å². The van der Waals surface area contributed by atoms with Crippen molar-refractivity contribution in [2.45, 2.75) is 0 Å². The molecule has 0 saturated heterocycles. The molecule has 0 unspecified atom stereocenters. The topological polar surface area (TPSA) is 71.8 Å². The molecule has 2 aromatic heterocycles. The number of nitrogens with one attached hydrogen (secondary N) is 1. The molecule has 0 aliphatic carbocycles. The first kappa shape index (κ1) is 13.9. The van der Waals surface area contributed by atoms with Crippen molar-refractivity contribution >= 4 is 23.0 Å². The van der Waals surface area contributed by atoms with E-state index in [2.05, 4.69) is 9.97 Å². The SMILES string of the molecule is NC(=O)/C=C/c1c[nH]c2ncc(-c3ccc(F)cc3F)cc12. The van der Waals surface area contributed by atoms with Crippen LogP contribution in [0.2, 0.25) is 0 Å². The van der Waals surface area contributed by atoms with E-state index in [4.69, 9.17) is 5.73 Å². The Morgan fingerprint density at radius 3 is 2.82 bits per heavy atom. The molecule has 0 bridgehead atoms. The predicted octanol–water partition coefficient (Wildman–Crippen LogP) is 3.01. The van der Waals surface area contributed by atoms with Crippen molar-refractivity contribution in [2.24, 2.45) is 5.73 Å². The van der Waals surface area contributed by atoms with Crippen LogP contribution in [0, 0.1) is 11.6 Å². The van der Waals surface area contributed by atoms with E-state index in [9.17, 15) is 13.6 Å².